The summed E-state index contributed by atoms with van der Waals surface area (Å²) >= 11 is 1.96. The molecule has 0 saturated carbocycles. The second-order valence-corrected chi connectivity index (χ2v) is 6.36. The summed E-state index contributed by atoms with van der Waals surface area (Å²) in [6.45, 7) is 0.393. The molecule has 1 aromatic rings. The van der Waals surface area contributed by atoms with Crippen LogP contribution in [0.3, 0.4) is 0 Å². The third kappa shape index (κ3) is 2.16. The maximum atomic E-state index is 12.4. The van der Waals surface area contributed by atoms with E-state index in [0.29, 0.717) is 18.6 Å². The Morgan fingerprint density at radius 3 is 2.67 bits per heavy atom. The molecule has 4 nitrogen and oxygen atoms in total. The van der Waals surface area contributed by atoms with Crippen molar-refractivity contribution in [3.05, 3.63) is 18.5 Å². The Labute approximate surface area is 112 Å². The molecule has 2 saturated heterocycles. The number of rotatable bonds is 3. The molecule has 1 aromatic heterocycles. The van der Waals surface area contributed by atoms with E-state index in [2.05, 4.69) is 16.3 Å². The molecule has 2 aliphatic heterocycles. The second-order valence-electron chi connectivity index (χ2n) is 5.22. The van der Waals surface area contributed by atoms with Gasteiger partial charge in [-0.1, -0.05) is 0 Å². The molecule has 1 amide bonds. The molecule has 2 atom stereocenters. The molecule has 98 valence electrons. The number of piperidine rings is 1. The van der Waals surface area contributed by atoms with Crippen molar-refractivity contribution in [2.45, 2.75) is 49.6 Å². The number of fused-ring (bicyclic) bond motifs is 2. The van der Waals surface area contributed by atoms with Gasteiger partial charge in [-0.05, 0) is 38.0 Å². The fourth-order valence-electron chi connectivity index (χ4n) is 3.34. The Bertz CT molecular complexity index is 406. The van der Waals surface area contributed by atoms with Crippen LogP contribution in [0, 0.1) is 0 Å². The zero-order chi connectivity index (χ0) is 12.5. The van der Waals surface area contributed by atoms with Crippen LogP contribution in [0.15, 0.2) is 18.5 Å². The van der Waals surface area contributed by atoms with E-state index in [1.807, 2.05) is 24.0 Å². The Balaban J connectivity index is 1.68. The summed E-state index contributed by atoms with van der Waals surface area (Å²) in [6.07, 6.45) is 10.5. The zero-order valence-electron chi connectivity index (χ0n) is 10.7. The molecule has 0 radical (unpaired) electrons. The predicted octanol–water partition coefficient (Wildman–Crippen LogP) is 1.77. The maximum Gasteiger partial charge on any atom is 0.244 e. The summed E-state index contributed by atoms with van der Waals surface area (Å²) in [6, 6.07) is 2.82. The van der Waals surface area contributed by atoms with Crippen LogP contribution < -0.4 is 0 Å². The van der Waals surface area contributed by atoms with Crippen LogP contribution in [0.5, 0.6) is 0 Å². The van der Waals surface area contributed by atoms with Gasteiger partial charge in [0.1, 0.15) is 6.54 Å². The number of nitrogens with zero attached hydrogens (tertiary/aromatic N) is 3. The van der Waals surface area contributed by atoms with E-state index in [9.17, 15) is 4.79 Å². The number of amides is 1. The van der Waals surface area contributed by atoms with Crippen molar-refractivity contribution < 1.29 is 4.79 Å². The molecule has 3 rings (SSSR count). The monoisotopic (exact) mass is 265 g/mol. The van der Waals surface area contributed by atoms with E-state index in [1.54, 1.807) is 10.9 Å². The van der Waals surface area contributed by atoms with Crippen molar-refractivity contribution in [3.8, 4) is 0 Å². The lowest BCUT2D eigenvalue weighted by Gasteiger charge is -2.38. The zero-order valence-corrected chi connectivity index (χ0v) is 11.5. The van der Waals surface area contributed by atoms with Crippen LogP contribution in [0.25, 0.3) is 0 Å². The molecular formula is C13H19N3OS. The number of hydrogen-bond donors (Lipinski definition) is 0. The molecule has 18 heavy (non-hydrogen) atoms. The minimum atomic E-state index is 0.241. The molecule has 2 aliphatic rings. The van der Waals surface area contributed by atoms with E-state index in [0.717, 1.165) is 5.25 Å². The van der Waals surface area contributed by atoms with Crippen LogP contribution in [0.2, 0.25) is 0 Å². The first-order valence-corrected chi connectivity index (χ1v) is 7.88. The summed E-state index contributed by atoms with van der Waals surface area (Å²) in [4.78, 5) is 14.5. The largest absolute Gasteiger partial charge is 0.335 e. The highest BCUT2D eigenvalue weighted by Crippen LogP contribution is 2.39. The first kappa shape index (κ1) is 12.1. The quantitative estimate of drug-likeness (QED) is 0.836. The van der Waals surface area contributed by atoms with Gasteiger partial charge >= 0.3 is 0 Å². The summed E-state index contributed by atoms with van der Waals surface area (Å²) in [7, 11) is 0. The van der Waals surface area contributed by atoms with Gasteiger partial charge in [-0.15, -0.1) is 0 Å². The number of hydrogen-bond acceptors (Lipinski definition) is 3. The van der Waals surface area contributed by atoms with Crippen LogP contribution in [0.4, 0.5) is 0 Å². The molecule has 2 fully saturated rings. The minimum absolute atomic E-state index is 0.241. The van der Waals surface area contributed by atoms with E-state index in [-0.39, 0.29) is 5.91 Å². The number of carbonyl (C=O) groups excluding carboxylic acids is 1. The average molecular weight is 265 g/mol. The van der Waals surface area contributed by atoms with Gasteiger partial charge in [0.15, 0.2) is 0 Å². The minimum Gasteiger partial charge on any atom is -0.335 e. The third-order valence-corrected chi connectivity index (χ3v) is 5.22. The number of carbonyl (C=O) groups is 1. The van der Waals surface area contributed by atoms with E-state index in [4.69, 9.17) is 0 Å². The van der Waals surface area contributed by atoms with Crippen LogP contribution >= 0.6 is 11.8 Å². The van der Waals surface area contributed by atoms with Crippen LogP contribution in [-0.2, 0) is 11.3 Å². The van der Waals surface area contributed by atoms with Crippen molar-refractivity contribution in [1.82, 2.24) is 14.7 Å². The molecule has 0 N–H and O–H groups in total. The highest BCUT2D eigenvalue weighted by molar-refractivity contribution is 7.99. The Morgan fingerprint density at radius 2 is 2.11 bits per heavy atom. The van der Waals surface area contributed by atoms with Crippen molar-refractivity contribution >= 4 is 17.7 Å². The van der Waals surface area contributed by atoms with Crippen molar-refractivity contribution in [2.75, 3.05) is 6.26 Å². The lowest BCUT2D eigenvalue weighted by molar-refractivity contribution is -0.136. The summed E-state index contributed by atoms with van der Waals surface area (Å²) in [5.74, 6) is 0.241. The van der Waals surface area contributed by atoms with Gasteiger partial charge in [0.2, 0.25) is 5.91 Å². The number of aromatic nitrogens is 2. The van der Waals surface area contributed by atoms with E-state index in [1.165, 1.54) is 25.7 Å². The predicted molar refractivity (Wildman–Crippen MR) is 72.4 cm³/mol. The fourth-order valence-corrected chi connectivity index (χ4v) is 4.17. The van der Waals surface area contributed by atoms with Gasteiger partial charge in [0, 0.05) is 29.7 Å². The van der Waals surface area contributed by atoms with E-state index >= 15 is 0 Å². The molecule has 5 heteroatoms. The first-order valence-electron chi connectivity index (χ1n) is 6.59. The fraction of sp³-hybridized carbons (Fsp3) is 0.692. The molecule has 2 bridgehead atoms. The smallest absolute Gasteiger partial charge is 0.244 e. The molecule has 0 aliphatic carbocycles. The van der Waals surface area contributed by atoms with Crippen molar-refractivity contribution in [1.29, 1.82) is 0 Å². The van der Waals surface area contributed by atoms with Gasteiger partial charge in [0.25, 0.3) is 0 Å². The number of thioether (sulfide) groups is 1. The normalized spacial score (nSPS) is 30.7. The molecular weight excluding hydrogens is 246 g/mol. The first-order chi connectivity index (χ1) is 8.78. The molecule has 0 spiro atoms. The Kier molecular flexibility index (Phi) is 3.33. The Morgan fingerprint density at radius 1 is 1.39 bits per heavy atom. The lowest BCUT2D eigenvalue weighted by Crippen LogP contribution is -2.48. The van der Waals surface area contributed by atoms with Crippen LogP contribution in [-0.4, -0.2) is 44.2 Å². The Hall–Kier alpha value is -0.970. The topological polar surface area (TPSA) is 38.1 Å². The van der Waals surface area contributed by atoms with Gasteiger partial charge in [-0.25, -0.2) is 0 Å². The van der Waals surface area contributed by atoms with Crippen molar-refractivity contribution in [3.63, 3.8) is 0 Å². The standard InChI is InChI=1S/C13H19N3OS/c1-18-12-7-10-3-4-11(8-12)16(10)13(17)9-15-6-2-5-14-15/h2,5-6,10-12H,3-4,7-9H2,1H3. The maximum absolute atomic E-state index is 12.4. The van der Waals surface area contributed by atoms with Gasteiger partial charge in [-0.2, -0.15) is 16.9 Å². The SMILES string of the molecule is CSC1CC2CCC(C1)N2C(=O)Cn1cccn1. The lowest BCUT2D eigenvalue weighted by atomic mass is 10.0. The van der Waals surface area contributed by atoms with Gasteiger partial charge < -0.3 is 4.90 Å². The summed E-state index contributed by atoms with van der Waals surface area (Å²) in [5, 5.41) is 4.86. The third-order valence-electron chi connectivity index (χ3n) is 4.17. The molecule has 2 unspecified atom stereocenters. The van der Waals surface area contributed by atoms with E-state index < -0.39 is 0 Å². The second kappa shape index (κ2) is 4.96. The molecule has 3 heterocycles. The van der Waals surface area contributed by atoms with Gasteiger partial charge in [0.05, 0.1) is 0 Å². The van der Waals surface area contributed by atoms with Crippen molar-refractivity contribution in [2.24, 2.45) is 0 Å². The highest BCUT2D eigenvalue weighted by atomic mass is 32.2. The average Bonchev–Trinajstić information content (AvgIpc) is 2.95. The van der Waals surface area contributed by atoms with Gasteiger partial charge in [-0.3, -0.25) is 9.48 Å². The summed E-state index contributed by atoms with van der Waals surface area (Å²) < 4.78 is 1.72. The highest BCUT2D eigenvalue weighted by Gasteiger charge is 2.42. The summed E-state index contributed by atoms with van der Waals surface area (Å²) in [5.41, 5.74) is 0. The van der Waals surface area contributed by atoms with Crippen LogP contribution in [0.1, 0.15) is 25.7 Å². The molecule has 0 aromatic carbocycles.